The Morgan fingerprint density at radius 3 is 2.92 bits per heavy atom. The molecule has 2 amide bonds. The summed E-state index contributed by atoms with van der Waals surface area (Å²) in [5.74, 6) is 0.826. The largest absolute Gasteiger partial charge is 0.381 e. The van der Waals surface area contributed by atoms with E-state index in [1.165, 1.54) is 12.8 Å². The van der Waals surface area contributed by atoms with Crippen LogP contribution in [0.5, 0.6) is 0 Å². The van der Waals surface area contributed by atoms with Gasteiger partial charge in [0.25, 0.3) is 0 Å². The number of urea groups is 1. The molecule has 0 spiro atoms. The van der Waals surface area contributed by atoms with Crippen molar-refractivity contribution in [2.24, 2.45) is 5.92 Å². The maximum atomic E-state index is 10.7. The highest BCUT2D eigenvalue weighted by atomic mass is 16.5. The van der Waals surface area contributed by atoms with Crippen LogP contribution in [0.15, 0.2) is 0 Å². The predicted octanol–water partition coefficient (Wildman–Crippen LogP) is 0.732. The lowest BCUT2D eigenvalue weighted by molar-refractivity contribution is 0.122. The Morgan fingerprint density at radius 1 is 1.54 bits per heavy atom. The van der Waals surface area contributed by atoms with E-state index in [2.05, 4.69) is 10.6 Å². The highest BCUT2D eigenvalue weighted by Crippen LogP contribution is 2.28. The standard InChI is InChI=1S/C9H18N2O2/c1-10-9(12)11-5-2-6-13-7-8-3-4-8/h8H,2-7H2,1H3,(H2,10,11,12). The molecule has 1 saturated carbocycles. The summed E-state index contributed by atoms with van der Waals surface area (Å²) in [5, 5.41) is 5.20. The van der Waals surface area contributed by atoms with E-state index in [9.17, 15) is 4.79 Å². The number of hydrogen-bond donors (Lipinski definition) is 2. The van der Waals surface area contributed by atoms with Gasteiger partial charge >= 0.3 is 6.03 Å². The molecule has 13 heavy (non-hydrogen) atoms. The van der Waals surface area contributed by atoms with Crippen molar-refractivity contribution in [2.75, 3.05) is 26.8 Å². The van der Waals surface area contributed by atoms with E-state index >= 15 is 0 Å². The number of rotatable bonds is 6. The maximum Gasteiger partial charge on any atom is 0.314 e. The van der Waals surface area contributed by atoms with Gasteiger partial charge in [-0.2, -0.15) is 0 Å². The molecular formula is C9H18N2O2. The van der Waals surface area contributed by atoms with Crippen molar-refractivity contribution in [3.8, 4) is 0 Å². The Balaban J connectivity index is 1.75. The van der Waals surface area contributed by atoms with E-state index in [1.54, 1.807) is 7.05 Å². The van der Waals surface area contributed by atoms with Crippen LogP contribution in [0.3, 0.4) is 0 Å². The van der Waals surface area contributed by atoms with Crippen molar-refractivity contribution in [2.45, 2.75) is 19.3 Å². The normalized spacial score (nSPS) is 15.5. The van der Waals surface area contributed by atoms with Gasteiger partial charge in [-0.3, -0.25) is 0 Å². The minimum Gasteiger partial charge on any atom is -0.381 e. The molecule has 0 heterocycles. The number of nitrogens with one attached hydrogen (secondary N) is 2. The van der Waals surface area contributed by atoms with Gasteiger partial charge in [0, 0.05) is 26.8 Å². The van der Waals surface area contributed by atoms with Crippen LogP contribution in [0.2, 0.25) is 0 Å². The zero-order valence-electron chi connectivity index (χ0n) is 8.14. The lowest BCUT2D eigenvalue weighted by Crippen LogP contribution is -2.33. The molecule has 0 aliphatic heterocycles. The summed E-state index contributed by atoms with van der Waals surface area (Å²) in [5.41, 5.74) is 0. The smallest absolute Gasteiger partial charge is 0.314 e. The average molecular weight is 186 g/mol. The van der Waals surface area contributed by atoms with E-state index in [0.717, 1.165) is 25.6 Å². The molecule has 0 aromatic carbocycles. The molecule has 0 aromatic rings. The predicted molar refractivity (Wildman–Crippen MR) is 50.6 cm³/mol. The van der Waals surface area contributed by atoms with Crippen LogP contribution in [0, 0.1) is 5.92 Å². The molecule has 0 atom stereocenters. The van der Waals surface area contributed by atoms with Crippen LogP contribution in [0.4, 0.5) is 4.79 Å². The van der Waals surface area contributed by atoms with E-state index in [0.29, 0.717) is 6.54 Å². The Labute approximate surface area is 79.0 Å². The van der Waals surface area contributed by atoms with Gasteiger partial charge < -0.3 is 15.4 Å². The monoisotopic (exact) mass is 186 g/mol. The van der Waals surface area contributed by atoms with Crippen molar-refractivity contribution in [1.82, 2.24) is 10.6 Å². The van der Waals surface area contributed by atoms with Crippen molar-refractivity contribution in [1.29, 1.82) is 0 Å². The fraction of sp³-hybridized carbons (Fsp3) is 0.889. The first-order chi connectivity index (χ1) is 6.33. The Morgan fingerprint density at radius 2 is 2.31 bits per heavy atom. The maximum absolute atomic E-state index is 10.7. The van der Waals surface area contributed by atoms with E-state index < -0.39 is 0 Å². The first-order valence-corrected chi connectivity index (χ1v) is 4.86. The molecule has 1 aliphatic rings. The second-order valence-corrected chi connectivity index (χ2v) is 3.38. The molecule has 4 heteroatoms. The molecule has 1 aliphatic carbocycles. The van der Waals surface area contributed by atoms with E-state index in [-0.39, 0.29) is 6.03 Å². The zero-order valence-corrected chi connectivity index (χ0v) is 8.14. The summed E-state index contributed by atoms with van der Waals surface area (Å²) in [6.45, 7) is 2.34. The summed E-state index contributed by atoms with van der Waals surface area (Å²) in [6, 6.07) is -0.123. The molecule has 2 N–H and O–H groups in total. The lowest BCUT2D eigenvalue weighted by atomic mass is 10.4. The van der Waals surface area contributed by atoms with Crippen LogP contribution in [0.25, 0.3) is 0 Å². The molecule has 0 aromatic heterocycles. The molecule has 1 fully saturated rings. The van der Waals surface area contributed by atoms with Crippen LogP contribution in [-0.4, -0.2) is 32.8 Å². The van der Waals surface area contributed by atoms with Gasteiger partial charge in [-0.1, -0.05) is 0 Å². The topological polar surface area (TPSA) is 50.4 Å². The van der Waals surface area contributed by atoms with Crippen LogP contribution in [-0.2, 0) is 4.74 Å². The molecule has 76 valence electrons. The van der Waals surface area contributed by atoms with Gasteiger partial charge in [0.2, 0.25) is 0 Å². The highest BCUT2D eigenvalue weighted by Gasteiger charge is 2.20. The van der Waals surface area contributed by atoms with Gasteiger partial charge in [0.05, 0.1) is 0 Å². The van der Waals surface area contributed by atoms with Gasteiger partial charge in [-0.15, -0.1) is 0 Å². The fourth-order valence-corrected chi connectivity index (χ4v) is 0.999. The summed E-state index contributed by atoms with van der Waals surface area (Å²) in [4.78, 5) is 10.7. The van der Waals surface area contributed by atoms with Crippen molar-refractivity contribution >= 4 is 6.03 Å². The summed E-state index contributed by atoms with van der Waals surface area (Å²) >= 11 is 0. The third-order valence-corrected chi connectivity index (χ3v) is 2.03. The van der Waals surface area contributed by atoms with E-state index in [1.807, 2.05) is 0 Å². The van der Waals surface area contributed by atoms with Crippen LogP contribution in [0.1, 0.15) is 19.3 Å². The average Bonchev–Trinajstić information content (AvgIpc) is 2.94. The van der Waals surface area contributed by atoms with Gasteiger partial charge in [0.1, 0.15) is 0 Å². The number of ether oxygens (including phenoxy) is 1. The number of carbonyl (C=O) groups is 1. The van der Waals surface area contributed by atoms with Gasteiger partial charge in [-0.25, -0.2) is 4.79 Å². The Bertz CT molecular complexity index is 158. The SMILES string of the molecule is CNC(=O)NCCCOCC1CC1. The minimum atomic E-state index is -0.123. The quantitative estimate of drug-likeness (QED) is 0.601. The summed E-state index contributed by atoms with van der Waals surface area (Å²) in [7, 11) is 1.61. The first-order valence-electron chi connectivity index (χ1n) is 4.86. The van der Waals surface area contributed by atoms with E-state index in [4.69, 9.17) is 4.74 Å². The fourth-order valence-electron chi connectivity index (χ4n) is 0.999. The third-order valence-electron chi connectivity index (χ3n) is 2.03. The second-order valence-electron chi connectivity index (χ2n) is 3.38. The lowest BCUT2D eigenvalue weighted by Gasteiger charge is -2.04. The molecule has 0 saturated heterocycles. The molecule has 4 nitrogen and oxygen atoms in total. The number of carbonyl (C=O) groups excluding carboxylic acids is 1. The highest BCUT2D eigenvalue weighted by molar-refractivity contribution is 5.73. The summed E-state index contributed by atoms with van der Waals surface area (Å²) < 4.78 is 5.40. The number of amides is 2. The van der Waals surface area contributed by atoms with Crippen molar-refractivity contribution in [3.63, 3.8) is 0 Å². The molecule has 0 bridgehead atoms. The third kappa shape index (κ3) is 5.47. The zero-order chi connectivity index (χ0) is 9.52. The van der Waals surface area contributed by atoms with Crippen molar-refractivity contribution in [3.05, 3.63) is 0 Å². The molecule has 1 rings (SSSR count). The van der Waals surface area contributed by atoms with Gasteiger partial charge in [0.15, 0.2) is 0 Å². The number of hydrogen-bond acceptors (Lipinski definition) is 2. The molecule has 0 radical (unpaired) electrons. The first kappa shape index (κ1) is 10.3. The second kappa shape index (κ2) is 5.80. The van der Waals surface area contributed by atoms with Crippen LogP contribution >= 0.6 is 0 Å². The minimum absolute atomic E-state index is 0.123. The molecular weight excluding hydrogens is 168 g/mol. The van der Waals surface area contributed by atoms with Crippen LogP contribution < -0.4 is 10.6 Å². The van der Waals surface area contributed by atoms with Gasteiger partial charge in [-0.05, 0) is 25.2 Å². The Hall–Kier alpha value is -0.770. The van der Waals surface area contributed by atoms with Crippen molar-refractivity contribution < 1.29 is 9.53 Å². The summed E-state index contributed by atoms with van der Waals surface area (Å²) in [6.07, 6.45) is 3.55. The molecule has 0 unspecified atom stereocenters. The Kier molecular flexibility index (Phi) is 4.60.